The maximum atomic E-state index is 2.39. The molecule has 0 radical (unpaired) electrons. The number of hydrogen-bond donors (Lipinski definition) is 0. The molecule has 1 aliphatic carbocycles. The third kappa shape index (κ3) is 5.08. The summed E-state index contributed by atoms with van der Waals surface area (Å²) in [5, 5.41) is 0. The van der Waals surface area contributed by atoms with Gasteiger partial charge in [-0.05, 0) is 50.5 Å². The van der Waals surface area contributed by atoms with E-state index in [9.17, 15) is 0 Å². The summed E-state index contributed by atoms with van der Waals surface area (Å²) >= 11 is 0. The Kier molecular flexibility index (Phi) is 7.62. The lowest BCUT2D eigenvalue weighted by Crippen LogP contribution is -2.49. The highest BCUT2D eigenvalue weighted by molar-refractivity contribution is 5.20. The molecular formula is C22H38N+. The fraction of sp³-hybridized carbons (Fsp3) is 0.727. The van der Waals surface area contributed by atoms with E-state index in [0.29, 0.717) is 0 Å². The van der Waals surface area contributed by atoms with Crippen molar-refractivity contribution in [3.8, 4) is 0 Å². The Balaban J connectivity index is 2.10. The van der Waals surface area contributed by atoms with E-state index in [-0.39, 0.29) is 0 Å². The van der Waals surface area contributed by atoms with Crippen LogP contribution in [-0.4, -0.2) is 30.7 Å². The molecule has 1 unspecified atom stereocenters. The molecule has 1 nitrogen and oxygen atoms in total. The van der Waals surface area contributed by atoms with E-state index < -0.39 is 0 Å². The van der Waals surface area contributed by atoms with Gasteiger partial charge in [-0.25, -0.2) is 0 Å². The van der Waals surface area contributed by atoms with E-state index in [0.717, 1.165) is 11.8 Å². The van der Waals surface area contributed by atoms with Gasteiger partial charge >= 0.3 is 0 Å². The molecule has 0 heterocycles. The van der Waals surface area contributed by atoms with E-state index in [1.54, 1.807) is 5.56 Å². The second kappa shape index (κ2) is 9.47. The van der Waals surface area contributed by atoms with Crippen molar-refractivity contribution in [1.29, 1.82) is 0 Å². The summed E-state index contributed by atoms with van der Waals surface area (Å²) in [6.45, 7) is 12.4. The van der Waals surface area contributed by atoms with Gasteiger partial charge in [0.25, 0.3) is 0 Å². The molecule has 0 amide bonds. The van der Waals surface area contributed by atoms with Gasteiger partial charge in [-0.3, -0.25) is 0 Å². The lowest BCUT2D eigenvalue weighted by atomic mass is 9.75. The second-order valence-corrected chi connectivity index (χ2v) is 7.63. The third-order valence-electron chi connectivity index (χ3n) is 6.40. The summed E-state index contributed by atoms with van der Waals surface area (Å²) in [5.74, 6) is 1.70. The third-order valence-corrected chi connectivity index (χ3v) is 6.40. The first-order valence-electron chi connectivity index (χ1n) is 10.1. The van der Waals surface area contributed by atoms with Gasteiger partial charge in [0.15, 0.2) is 0 Å². The smallest absolute Gasteiger partial charge is 0.0792 e. The monoisotopic (exact) mass is 316 g/mol. The largest absolute Gasteiger partial charge is 0.324 e. The van der Waals surface area contributed by atoms with Crippen molar-refractivity contribution < 1.29 is 4.48 Å². The average Bonchev–Trinajstić information content (AvgIpc) is 2.63. The molecule has 2 rings (SSSR count). The molecule has 1 aromatic carbocycles. The fourth-order valence-corrected chi connectivity index (χ4v) is 4.77. The van der Waals surface area contributed by atoms with Gasteiger partial charge in [-0.1, -0.05) is 56.5 Å². The van der Waals surface area contributed by atoms with Crippen LogP contribution in [0.1, 0.15) is 77.2 Å². The Bertz CT molecular complexity index is 415. The molecule has 130 valence electrons. The lowest BCUT2D eigenvalue weighted by molar-refractivity contribution is -0.925. The minimum Gasteiger partial charge on any atom is -0.324 e. The Labute approximate surface area is 144 Å². The molecule has 1 aromatic rings. The van der Waals surface area contributed by atoms with Crippen molar-refractivity contribution in [1.82, 2.24) is 0 Å². The predicted molar refractivity (Wildman–Crippen MR) is 102 cm³/mol. The lowest BCUT2D eigenvalue weighted by Gasteiger charge is -2.39. The van der Waals surface area contributed by atoms with Crippen LogP contribution in [-0.2, 0) is 0 Å². The van der Waals surface area contributed by atoms with Gasteiger partial charge in [0.05, 0.1) is 26.2 Å². The maximum absolute atomic E-state index is 2.39. The maximum Gasteiger partial charge on any atom is 0.0792 e. The highest BCUT2D eigenvalue weighted by Crippen LogP contribution is 2.38. The summed E-state index contributed by atoms with van der Waals surface area (Å²) in [4.78, 5) is 0. The second-order valence-electron chi connectivity index (χ2n) is 7.63. The normalized spacial score (nSPS) is 18.0. The number of benzene rings is 1. The number of rotatable bonds is 9. The molecule has 1 heteroatoms. The number of quaternary nitrogens is 1. The van der Waals surface area contributed by atoms with Crippen LogP contribution >= 0.6 is 0 Å². The first kappa shape index (κ1) is 18.5. The summed E-state index contributed by atoms with van der Waals surface area (Å²) in [6.07, 6.45) is 9.93. The standard InChI is InChI=1S/C22H38N/c1-4-18-23(5-2,6-3)19-17-22(20-13-9-7-10-14-20)21-15-11-8-12-16-21/h7,9-10,13-14,21-22H,4-6,8,11-12,15-19H2,1-3H3/q+1. The van der Waals surface area contributed by atoms with Crippen LogP contribution in [0.5, 0.6) is 0 Å². The van der Waals surface area contributed by atoms with Crippen molar-refractivity contribution >= 4 is 0 Å². The molecule has 0 bridgehead atoms. The SMILES string of the molecule is CCC[N+](CC)(CC)CCC(c1ccccc1)C1CCCCC1. The van der Waals surface area contributed by atoms with E-state index >= 15 is 0 Å². The summed E-state index contributed by atoms with van der Waals surface area (Å²) in [5.41, 5.74) is 1.60. The Morgan fingerprint density at radius 3 is 2.13 bits per heavy atom. The number of hydrogen-bond acceptors (Lipinski definition) is 0. The fourth-order valence-electron chi connectivity index (χ4n) is 4.77. The molecule has 0 N–H and O–H groups in total. The van der Waals surface area contributed by atoms with Crippen LogP contribution < -0.4 is 0 Å². The van der Waals surface area contributed by atoms with Gasteiger partial charge < -0.3 is 4.48 Å². The minimum absolute atomic E-state index is 0.781. The summed E-state index contributed by atoms with van der Waals surface area (Å²) < 4.78 is 1.31. The van der Waals surface area contributed by atoms with Gasteiger partial charge in [0.2, 0.25) is 0 Å². The molecule has 1 saturated carbocycles. The molecule has 0 aromatic heterocycles. The molecule has 23 heavy (non-hydrogen) atoms. The van der Waals surface area contributed by atoms with Crippen LogP contribution in [0.3, 0.4) is 0 Å². The Morgan fingerprint density at radius 1 is 0.913 bits per heavy atom. The van der Waals surface area contributed by atoms with Crippen LogP contribution in [0.4, 0.5) is 0 Å². The predicted octanol–water partition coefficient (Wildman–Crippen LogP) is 6.01. The van der Waals surface area contributed by atoms with E-state index in [4.69, 9.17) is 0 Å². The first-order valence-corrected chi connectivity index (χ1v) is 10.1. The van der Waals surface area contributed by atoms with Gasteiger partial charge in [0, 0.05) is 6.42 Å². The van der Waals surface area contributed by atoms with Crippen molar-refractivity contribution in [2.24, 2.45) is 5.92 Å². The quantitative estimate of drug-likeness (QED) is 0.490. The molecule has 1 aliphatic rings. The Hall–Kier alpha value is -0.820. The molecule has 1 fully saturated rings. The van der Waals surface area contributed by atoms with Crippen LogP contribution in [0, 0.1) is 5.92 Å². The van der Waals surface area contributed by atoms with Gasteiger partial charge in [0.1, 0.15) is 0 Å². The zero-order valence-corrected chi connectivity index (χ0v) is 15.8. The van der Waals surface area contributed by atoms with Crippen LogP contribution in [0.25, 0.3) is 0 Å². The van der Waals surface area contributed by atoms with Crippen LogP contribution in [0.15, 0.2) is 30.3 Å². The molecule has 0 saturated heterocycles. The summed E-state index contributed by atoms with van der Waals surface area (Å²) in [7, 11) is 0. The topological polar surface area (TPSA) is 0 Å². The average molecular weight is 317 g/mol. The molecule has 0 spiro atoms. The van der Waals surface area contributed by atoms with E-state index in [2.05, 4.69) is 51.1 Å². The van der Waals surface area contributed by atoms with E-state index in [1.165, 1.54) is 75.6 Å². The van der Waals surface area contributed by atoms with Crippen molar-refractivity contribution in [3.63, 3.8) is 0 Å². The molecular weight excluding hydrogens is 278 g/mol. The zero-order chi connectivity index (χ0) is 16.5. The van der Waals surface area contributed by atoms with Crippen molar-refractivity contribution in [2.75, 3.05) is 26.2 Å². The number of nitrogens with zero attached hydrogens (tertiary/aromatic N) is 1. The Morgan fingerprint density at radius 2 is 1.57 bits per heavy atom. The van der Waals surface area contributed by atoms with Crippen molar-refractivity contribution in [3.05, 3.63) is 35.9 Å². The van der Waals surface area contributed by atoms with Gasteiger partial charge in [-0.2, -0.15) is 0 Å². The summed E-state index contributed by atoms with van der Waals surface area (Å²) in [6, 6.07) is 11.4. The van der Waals surface area contributed by atoms with Crippen LogP contribution in [0.2, 0.25) is 0 Å². The molecule has 1 atom stereocenters. The molecule has 0 aliphatic heterocycles. The highest BCUT2D eigenvalue weighted by atomic mass is 15.3. The van der Waals surface area contributed by atoms with E-state index in [1.807, 2.05) is 0 Å². The highest BCUT2D eigenvalue weighted by Gasteiger charge is 2.29. The first-order chi connectivity index (χ1) is 11.2. The van der Waals surface area contributed by atoms with Gasteiger partial charge in [-0.15, -0.1) is 0 Å². The zero-order valence-electron chi connectivity index (χ0n) is 15.8. The van der Waals surface area contributed by atoms with Crippen molar-refractivity contribution in [2.45, 2.75) is 71.6 Å². The minimum atomic E-state index is 0.781.